The molecule has 1 aromatic carbocycles. The molecule has 2 aromatic heterocycles. The van der Waals surface area contributed by atoms with Crippen molar-refractivity contribution < 1.29 is 14.7 Å². The number of hydrogen-bond acceptors (Lipinski definition) is 4. The van der Waals surface area contributed by atoms with Crippen molar-refractivity contribution in [3.8, 4) is 0 Å². The van der Waals surface area contributed by atoms with Gasteiger partial charge in [-0.15, -0.1) is 0 Å². The van der Waals surface area contributed by atoms with Crippen LogP contribution >= 0.6 is 23.2 Å². The lowest BCUT2D eigenvalue weighted by atomic mass is 10.2. The third-order valence-corrected chi connectivity index (χ3v) is 4.60. The molecule has 10 heteroatoms. The minimum atomic E-state index is -0.927. The summed E-state index contributed by atoms with van der Waals surface area (Å²) in [6.45, 7) is 2.50. The van der Waals surface area contributed by atoms with Crippen molar-refractivity contribution in [3.63, 3.8) is 0 Å². The van der Waals surface area contributed by atoms with E-state index in [0.717, 1.165) is 11.3 Å². The molecule has 0 unspecified atom stereocenters. The summed E-state index contributed by atoms with van der Waals surface area (Å²) in [5.74, 6) is -0.912. The van der Waals surface area contributed by atoms with E-state index in [2.05, 4.69) is 15.5 Å². The number of nitrogens with zero attached hydrogens (tertiary/aromatic N) is 4. The van der Waals surface area contributed by atoms with Gasteiger partial charge in [0.15, 0.2) is 5.82 Å². The lowest BCUT2D eigenvalue weighted by molar-refractivity contribution is -0.137. The van der Waals surface area contributed by atoms with Gasteiger partial charge in [0.2, 0.25) is 0 Å². The Morgan fingerprint density at radius 1 is 1.25 bits per heavy atom. The van der Waals surface area contributed by atoms with Crippen molar-refractivity contribution in [2.75, 3.05) is 5.32 Å². The fourth-order valence-corrected chi connectivity index (χ4v) is 3.01. The van der Waals surface area contributed by atoms with Gasteiger partial charge < -0.3 is 10.4 Å². The van der Waals surface area contributed by atoms with Gasteiger partial charge in [-0.3, -0.25) is 19.0 Å². The zero-order valence-corrected chi connectivity index (χ0v) is 16.4. The number of aliphatic carboxylic acids is 1. The summed E-state index contributed by atoms with van der Waals surface area (Å²) in [6.07, 6.45) is 2.81. The zero-order chi connectivity index (χ0) is 20.3. The molecule has 0 aliphatic rings. The molecule has 0 fully saturated rings. The minimum absolute atomic E-state index is 0.0698. The molecular formula is C18H17Cl2N5O3. The first-order valence-corrected chi connectivity index (χ1v) is 9.11. The maximum atomic E-state index is 12.4. The van der Waals surface area contributed by atoms with Gasteiger partial charge in [0.1, 0.15) is 0 Å². The molecule has 0 saturated carbocycles. The summed E-state index contributed by atoms with van der Waals surface area (Å²) in [5, 5.41) is 20.9. The van der Waals surface area contributed by atoms with Crippen molar-refractivity contribution in [1.82, 2.24) is 19.6 Å². The first-order chi connectivity index (χ1) is 13.3. The lowest BCUT2D eigenvalue weighted by Crippen LogP contribution is -2.12. The predicted molar refractivity (Wildman–Crippen MR) is 105 cm³/mol. The van der Waals surface area contributed by atoms with Crippen LogP contribution in [0.1, 0.15) is 28.0 Å². The summed E-state index contributed by atoms with van der Waals surface area (Å²) in [6, 6.07) is 7.00. The van der Waals surface area contributed by atoms with E-state index in [-0.39, 0.29) is 18.9 Å². The molecule has 1 amide bonds. The van der Waals surface area contributed by atoms with Crippen molar-refractivity contribution in [3.05, 3.63) is 63.5 Å². The van der Waals surface area contributed by atoms with Crippen LogP contribution in [0.15, 0.2) is 36.7 Å². The van der Waals surface area contributed by atoms with Crippen LogP contribution in [0.2, 0.25) is 10.0 Å². The highest BCUT2D eigenvalue weighted by Crippen LogP contribution is 2.22. The van der Waals surface area contributed by atoms with Crippen molar-refractivity contribution in [1.29, 1.82) is 0 Å². The second-order valence-electron chi connectivity index (χ2n) is 6.15. The van der Waals surface area contributed by atoms with E-state index < -0.39 is 5.97 Å². The number of halogens is 2. The van der Waals surface area contributed by atoms with Crippen LogP contribution < -0.4 is 5.32 Å². The Labute approximate surface area is 170 Å². The highest BCUT2D eigenvalue weighted by Gasteiger charge is 2.13. The van der Waals surface area contributed by atoms with E-state index in [1.807, 2.05) is 13.0 Å². The van der Waals surface area contributed by atoms with Gasteiger partial charge >= 0.3 is 5.97 Å². The molecule has 0 spiro atoms. The van der Waals surface area contributed by atoms with Crippen LogP contribution in [-0.2, 0) is 17.9 Å². The SMILES string of the molecule is Cc1cc(NC(=O)c2cnn(CCC(=O)O)c2)nn1Cc1ccc(Cl)cc1Cl. The third-order valence-electron chi connectivity index (χ3n) is 4.01. The van der Waals surface area contributed by atoms with Crippen LogP contribution in [-0.4, -0.2) is 36.5 Å². The number of carbonyl (C=O) groups is 2. The Bertz CT molecular complexity index is 1030. The largest absolute Gasteiger partial charge is 0.481 e. The first kappa shape index (κ1) is 19.9. The van der Waals surface area contributed by atoms with Crippen LogP contribution in [0.25, 0.3) is 0 Å². The Hall–Kier alpha value is -2.84. The number of amides is 1. The maximum Gasteiger partial charge on any atom is 0.305 e. The Balaban J connectivity index is 1.67. The molecule has 2 N–H and O–H groups in total. The van der Waals surface area contributed by atoms with E-state index in [1.54, 1.807) is 22.9 Å². The standard InChI is InChI=1S/C18H17Cl2N5O3/c1-11-6-16(23-25(11)10-12-2-3-14(19)7-15(12)20)22-18(28)13-8-21-24(9-13)5-4-17(26)27/h2-3,6-9H,4-5,10H2,1H3,(H,26,27)(H,22,23,28). The fourth-order valence-electron chi connectivity index (χ4n) is 2.54. The maximum absolute atomic E-state index is 12.4. The number of rotatable bonds is 7. The molecule has 8 nitrogen and oxygen atoms in total. The molecule has 3 rings (SSSR count). The van der Waals surface area contributed by atoms with Crippen LogP contribution in [0, 0.1) is 6.92 Å². The average molecular weight is 422 g/mol. The number of nitrogens with one attached hydrogen (secondary N) is 1. The molecule has 0 bridgehead atoms. The number of carboxylic acid groups (broad SMARTS) is 1. The van der Waals surface area contributed by atoms with Crippen LogP contribution in [0.4, 0.5) is 5.82 Å². The summed E-state index contributed by atoms with van der Waals surface area (Å²) in [5.41, 5.74) is 2.02. The number of hydrogen-bond donors (Lipinski definition) is 2. The lowest BCUT2D eigenvalue weighted by Gasteiger charge is -2.07. The normalized spacial score (nSPS) is 10.8. The van der Waals surface area contributed by atoms with Gasteiger partial charge in [-0.2, -0.15) is 10.2 Å². The molecular weight excluding hydrogens is 405 g/mol. The van der Waals surface area contributed by atoms with Crippen molar-refractivity contribution in [2.24, 2.45) is 0 Å². The molecule has 3 aromatic rings. The van der Waals surface area contributed by atoms with Gasteiger partial charge in [0.05, 0.1) is 31.3 Å². The van der Waals surface area contributed by atoms with Gasteiger partial charge in [-0.05, 0) is 24.6 Å². The molecule has 0 radical (unpaired) electrons. The second-order valence-corrected chi connectivity index (χ2v) is 7.00. The predicted octanol–water partition coefficient (Wildman–Crippen LogP) is 3.47. The minimum Gasteiger partial charge on any atom is -0.481 e. The Morgan fingerprint density at radius 2 is 2.04 bits per heavy atom. The van der Waals surface area contributed by atoms with Gasteiger partial charge in [-0.1, -0.05) is 29.3 Å². The summed E-state index contributed by atoms with van der Waals surface area (Å²) in [7, 11) is 0. The number of aryl methyl sites for hydroxylation is 2. The molecule has 146 valence electrons. The highest BCUT2D eigenvalue weighted by molar-refractivity contribution is 6.35. The van der Waals surface area contributed by atoms with Gasteiger partial charge in [-0.25, -0.2) is 0 Å². The van der Waals surface area contributed by atoms with E-state index in [0.29, 0.717) is 28.0 Å². The smallest absolute Gasteiger partial charge is 0.305 e. The average Bonchev–Trinajstić information content (AvgIpc) is 3.22. The van der Waals surface area contributed by atoms with E-state index in [4.69, 9.17) is 28.3 Å². The molecule has 0 aliphatic carbocycles. The molecule has 0 aliphatic heterocycles. The molecule has 0 saturated heterocycles. The Kier molecular flexibility index (Phi) is 6.01. The third kappa shape index (κ3) is 4.90. The van der Waals surface area contributed by atoms with E-state index >= 15 is 0 Å². The zero-order valence-electron chi connectivity index (χ0n) is 14.9. The second kappa shape index (κ2) is 8.45. The van der Waals surface area contributed by atoms with Gasteiger partial charge in [0.25, 0.3) is 5.91 Å². The van der Waals surface area contributed by atoms with E-state index in [1.165, 1.54) is 17.1 Å². The quantitative estimate of drug-likeness (QED) is 0.607. The molecule has 28 heavy (non-hydrogen) atoms. The summed E-state index contributed by atoms with van der Waals surface area (Å²) >= 11 is 12.1. The van der Waals surface area contributed by atoms with Gasteiger partial charge in [0, 0.05) is 28.0 Å². The fraction of sp³-hybridized carbons (Fsp3) is 0.222. The number of benzene rings is 1. The highest BCUT2D eigenvalue weighted by atomic mass is 35.5. The molecule has 0 atom stereocenters. The number of carbonyl (C=O) groups excluding carboxylic acids is 1. The van der Waals surface area contributed by atoms with Crippen LogP contribution in [0.3, 0.4) is 0 Å². The summed E-state index contributed by atoms with van der Waals surface area (Å²) < 4.78 is 3.14. The number of carboxylic acids is 1. The van der Waals surface area contributed by atoms with Crippen LogP contribution in [0.5, 0.6) is 0 Å². The van der Waals surface area contributed by atoms with E-state index in [9.17, 15) is 9.59 Å². The monoisotopic (exact) mass is 421 g/mol. The first-order valence-electron chi connectivity index (χ1n) is 8.36. The van der Waals surface area contributed by atoms with Crippen molar-refractivity contribution >= 4 is 40.9 Å². The topological polar surface area (TPSA) is 102 Å². The number of anilines is 1. The number of aromatic nitrogens is 4. The van der Waals surface area contributed by atoms with Crippen molar-refractivity contribution in [2.45, 2.75) is 26.4 Å². The molecule has 2 heterocycles. The Morgan fingerprint density at radius 3 is 2.75 bits per heavy atom. The summed E-state index contributed by atoms with van der Waals surface area (Å²) in [4.78, 5) is 23.0.